The van der Waals surface area contributed by atoms with Gasteiger partial charge in [0, 0.05) is 30.7 Å². The van der Waals surface area contributed by atoms with E-state index in [2.05, 4.69) is 27.1 Å². The van der Waals surface area contributed by atoms with Crippen LogP contribution in [-0.2, 0) is 12.8 Å². The van der Waals surface area contributed by atoms with E-state index in [1.165, 1.54) is 5.56 Å². The molecule has 0 fully saturated rings. The largest absolute Gasteiger partial charge is 0.261 e. The first-order chi connectivity index (χ1) is 7.74. The van der Waals surface area contributed by atoms with Crippen LogP contribution in [0.1, 0.15) is 22.6 Å². The molecule has 2 aromatic heterocycles. The average molecular weight is 213 g/mol. The molecule has 0 aromatic carbocycles. The lowest BCUT2D eigenvalue weighted by Gasteiger charge is -2.01. The third-order valence-electron chi connectivity index (χ3n) is 2.41. The van der Waals surface area contributed by atoms with E-state index in [1.807, 2.05) is 32.4 Å². The Hall–Kier alpha value is -1.77. The lowest BCUT2D eigenvalue weighted by atomic mass is 10.2. The molecule has 0 saturated heterocycles. The van der Waals surface area contributed by atoms with Gasteiger partial charge in [-0.1, -0.05) is 6.07 Å². The van der Waals surface area contributed by atoms with Crippen LogP contribution >= 0.6 is 0 Å². The van der Waals surface area contributed by atoms with Gasteiger partial charge < -0.3 is 0 Å². The molecule has 82 valence electrons. The van der Waals surface area contributed by atoms with Gasteiger partial charge in [-0.05, 0) is 37.5 Å². The normalized spacial score (nSPS) is 10.4. The maximum Gasteiger partial charge on any atom is 0.128 e. The first-order valence-corrected chi connectivity index (χ1v) is 5.43. The van der Waals surface area contributed by atoms with Gasteiger partial charge in [0.05, 0.1) is 0 Å². The van der Waals surface area contributed by atoms with Crippen LogP contribution in [-0.4, -0.2) is 15.0 Å². The van der Waals surface area contributed by atoms with E-state index in [1.54, 1.807) is 0 Å². The molecule has 0 bridgehead atoms. The second-order valence-electron chi connectivity index (χ2n) is 4.00. The molecular weight excluding hydrogens is 198 g/mol. The number of aromatic nitrogens is 3. The van der Waals surface area contributed by atoms with Gasteiger partial charge in [-0.15, -0.1) is 0 Å². The van der Waals surface area contributed by atoms with Crippen LogP contribution in [0.4, 0.5) is 0 Å². The summed E-state index contributed by atoms with van der Waals surface area (Å²) in [6, 6.07) is 4.14. The summed E-state index contributed by atoms with van der Waals surface area (Å²) in [5, 5.41) is 0. The van der Waals surface area contributed by atoms with Crippen molar-refractivity contribution in [1.29, 1.82) is 0 Å². The van der Waals surface area contributed by atoms with Crippen molar-refractivity contribution >= 4 is 0 Å². The van der Waals surface area contributed by atoms with E-state index >= 15 is 0 Å². The minimum absolute atomic E-state index is 0.844. The topological polar surface area (TPSA) is 38.7 Å². The number of rotatable bonds is 3. The minimum atomic E-state index is 0.844. The van der Waals surface area contributed by atoms with Gasteiger partial charge in [0.2, 0.25) is 0 Å². The molecular formula is C13H15N3. The molecule has 3 heteroatoms. The summed E-state index contributed by atoms with van der Waals surface area (Å²) in [6.45, 7) is 4.03. The summed E-state index contributed by atoms with van der Waals surface area (Å²) >= 11 is 0. The number of hydrogen-bond acceptors (Lipinski definition) is 3. The van der Waals surface area contributed by atoms with Gasteiger partial charge in [0.1, 0.15) is 5.82 Å². The molecule has 3 nitrogen and oxygen atoms in total. The van der Waals surface area contributed by atoms with Gasteiger partial charge in [-0.2, -0.15) is 0 Å². The molecule has 0 aliphatic rings. The van der Waals surface area contributed by atoms with Crippen molar-refractivity contribution in [2.45, 2.75) is 26.7 Å². The molecule has 0 atom stereocenters. The predicted octanol–water partition coefficient (Wildman–Crippen LogP) is 2.27. The molecule has 0 saturated carbocycles. The fourth-order valence-electron chi connectivity index (χ4n) is 1.43. The Bertz CT molecular complexity index is 400. The highest BCUT2D eigenvalue weighted by Crippen LogP contribution is 2.03. The van der Waals surface area contributed by atoms with E-state index in [0.717, 1.165) is 29.9 Å². The summed E-state index contributed by atoms with van der Waals surface area (Å²) in [5.74, 6) is 0.882. The fourth-order valence-corrected chi connectivity index (χ4v) is 1.43. The Morgan fingerprint density at radius 2 is 1.50 bits per heavy atom. The Morgan fingerprint density at radius 3 is 2.12 bits per heavy atom. The molecule has 2 heterocycles. The number of aryl methyl sites for hydroxylation is 4. The van der Waals surface area contributed by atoms with Crippen LogP contribution in [0, 0.1) is 13.8 Å². The van der Waals surface area contributed by atoms with Crippen molar-refractivity contribution in [1.82, 2.24) is 15.0 Å². The molecule has 0 unspecified atom stereocenters. The lowest BCUT2D eigenvalue weighted by Crippen LogP contribution is -1.99. The summed E-state index contributed by atoms with van der Waals surface area (Å²) in [7, 11) is 0. The molecule has 0 radical (unpaired) electrons. The summed E-state index contributed by atoms with van der Waals surface area (Å²) in [6.07, 6.45) is 7.33. The molecule has 2 aromatic rings. The van der Waals surface area contributed by atoms with Gasteiger partial charge in [0.15, 0.2) is 0 Å². The highest BCUT2D eigenvalue weighted by atomic mass is 14.9. The summed E-state index contributed by atoms with van der Waals surface area (Å²) < 4.78 is 0. The van der Waals surface area contributed by atoms with Crippen molar-refractivity contribution < 1.29 is 0 Å². The van der Waals surface area contributed by atoms with Crippen molar-refractivity contribution in [3.05, 3.63) is 53.4 Å². The molecule has 2 rings (SSSR count). The predicted molar refractivity (Wildman–Crippen MR) is 63.2 cm³/mol. The number of hydrogen-bond donors (Lipinski definition) is 0. The maximum atomic E-state index is 4.36. The van der Waals surface area contributed by atoms with Crippen molar-refractivity contribution in [3.8, 4) is 0 Å². The Balaban J connectivity index is 1.97. The van der Waals surface area contributed by atoms with E-state index < -0.39 is 0 Å². The first kappa shape index (κ1) is 10.7. The van der Waals surface area contributed by atoms with Crippen LogP contribution < -0.4 is 0 Å². The Morgan fingerprint density at radius 1 is 0.812 bits per heavy atom. The third kappa shape index (κ3) is 2.86. The maximum absolute atomic E-state index is 4.36. The van der Waals surface area contributed by atoms with Crippen LogP contribution in [0.3, 0.4) is 0 Å². The molecule has 0 aliphatic carbocycles. The molecule has 0 amide bonds. The Kier molecular flexibility index (Phi) is 3.25. The summed E-state index contributed by atoms with van der Waals surface area (Å²) in [5.41, 5.74) is 3.38. The highest BCUT2D eigenvalue weighted by molar-refractivity contribution is 5.13. The second-order valence-corrected chi connectivity index (χ2v) is 4.00. The summed E-state index contributed by atoms with van der Waals surface area (Å²) in [4.78, 5) is 12.9. The van der Waals surface area contributed by atoms with Crippen molar-refractivity contribution in [3.63, 3.8) is 0 Å². The van der Waals surface area contributed by atoms with Crippen LogP contribution in [0.15, 0.2) is 30.7 Å². The van der Waals surface area contributed by atoms with E-state index in [0.29, 0.717) is 0 Å². The number of pyridine rings is 1. The Labute approximate surface area is 95.6 Å². The van der Waals surface area contributed by atoms with Gasteiger partial charge in [-0.25, -0.2) is 9.97 Å². The van der Waals surface area contributed by atoms with Gasteiger partial charge in [-0.3, -0.25) is 4.98 Å². The number of nitrogens with zero attached hydrogens (tertiary/aromatic N) is 3. The standard InChI is InChI=1S/C13H15N3/c1-10-3-4-12(14-7-10)5-6-13-15-8-11(2)9-16-13/h3-4,7-9H,5-6H2,1-2H3. The molecule has 0 N–H and O–H groups in total. The monoisotopic (exact) mass is 213 g/mol. The lowest BCUT2D eigenvalue weighted by molar-refractivity contribution is 0.831. The quantitative estimate of drug-likeness (QED) is 0.785. The van der Waals surface area contributed by atoms with E-state index in [4.69, 9.17) is 0 Å². The molecule has 0 spiro atoms. The SMILES string of the molecule is Cc1ccc(CCc2ncc(C)cn2)nc1. The smallest absolute Gasteiger partial charge is 0.128 e. The van der Waals surface area contributed by atoms with Crippen LogP contribution in [0.5, 0.6) is 0 Å². The van der Waals surface area contributed by atoms with Crippen LogP contribution in [0.25, 0.3) is 0 Å². The minimum Gasteiger partial charge on any atom is -0.261 e. The molecule has 0 aliphatic heterocycles. The van der Waals surface area contributed by atoms with E-state index in [9.17, 15) is 0 Å². The first-order valence-electron chi connectivity index (χ1n) is 5.43. The highest BCUT2D eigenvalue weighted by Gasteiger charge is 1.99. The zero-order valence-electron chi connectivity index (χ0n) is 9.64. The van der Waals surface area contributed by atoms with Gasteiger partial charge >= 0.3 is 0 Å². The zero-order valence-corrected chi connectivity index (χ0v) is 9.64. The zero-order chi connectivity index (χ0) is 11.4. The van der Waals surface area contributed by atoms with E-state index in [-0.39, 0.29) is 0 Å². The average Bonchev–Trinajstić information content (AvgIpc) is 2.30. The van der Waals surface area contributed by atoms with Crippen molar-refractivity contribution in [2.75, 3.05) is 0 Å². The van der Waals surface area contributed by atoms with Gasteiger partial charge in [0.25, 0.3) is 0 Å². The second kappa shape index (κ2) is 4.84. The third-order valence-corrected chi connectivity index (χ3v) is 2.41. The fraction of sp³-hybridized carbons (Fsp3) is 0.308. The van der Waals surface area contributed by atoms with Crippen molar-refractivity contribution in [2.24, 2.45) is 0 Å². The van der Waals surface area contributed by atoms with Crippen LogP contribution in [0.2, 0.25) is 0 Å². The molecule has 16 heavy (non-hydrogen) atoms.